The standard InChI is InChI=1S/C23H25ClN4O2/c1-30-20(15-16-5-3-2-4-6-16)23(29)27-22-17-7-10-21(28-13-11-25-12-14-28)26-19(17)9-8-18(22)24/h2-10,20,25H,11-15H2,1H3,(H,27,29). The van der Waals surface area contributed by atoms with E-state index in [4.69, 9.17) is 21.3 Å². The maximum Gasteiger partial charge on any atom is 0.253 e. The van der Waals surface area contributed by atoms with Gasteiger partial charge in [-0.2, -0.15) is 0 Å². The molecule has 0 spiro atoms. The van der Waals surface area contributed by atoms with E-state index < -0.39 is 6.10 Å². The number of hydrogen-bond acceptors (Lipinski definition) is 5. The SMILES string of the molecule is COC(Cc1ccccc1)C(=O)Nc1c(Cl)ccc2nc(N3CCNCC3)ccc12. The van der Waals surface area contributed by atoms with E-state index in [1.807, 2.05) is 48.5 Å². The van der Waals surface area contributed by atoms with Crippen molar-refractivity contribution >= 4 is 39.9 Å². The van der Waals surface area contributed by atoms with E-state index in [9.17, 15) is 4.79 Å². The van der Waals surface area contributed by atoms with Crippen LogP contribution in [0.1, 0.15) is 5.56 Å². The summed E-state index contributed by atoms with van der Waals surface area (Å²) in [7, 11) is 1.54. The Balaban J connectivity index is 1.57. The van der Waals surface area contributed by atoms with E-state index in [0.717, 1.165) is 48.5 Å². The summed E-state index contributed by atoms with van der Waals surface area (Å²) in [6.07, 6.45) is -0.136. The third-order valence-corrected chi connectivity index (χ3v) is 5.65. The molecule has 6 nitrogen and oxygen atoms in total. The molecule has 1 atom stereocenters. The molecular weight excluding hydrogens is 400 g/mol. The van der Waals surface area contributed by atoms with Gasteiger partial charge < -0.3 is 20.3 Å². The Bertz CT molecular complexity index is 1020. The van der Waals surface area contributed by atoms with Gasteiger partial charge in [0.05, 0.1) is 16.2 Å². The number of ether oxygens (including phenoxy) is 1. The number of rotatable bonds is 6. The molecular formula is C23H25ClN4O2. The summed E-state index contributed by atoms with van der Waals surface area (Å²) in [6, 6.07) is 17.4. The first-order valence-electron chi connectivity index (χ1n) is 10.1. The van der Waals surface area contributed by atoms with Gasteiger partial charge >= 0.3 is 0 Å². The number of anilines is 2. The Morgan fingerprint density at radius 2 is 1.93 bits per heavy atom. The average molecular weight is 425 g/mol. The summed E-state index contributed by atoms with van der Waals surface area (Å²) in [5.74, 6) is 0.698. The molecule has 1 aromatic heterocycles. The first kappa shape index (κ1) is 20.6. The molecule has 1 fully saturated rings. The van der Waals surface area contributed by atoms with Crippen molar-refractivity contribution in [1.29, 1.82) is 0 Å². The summed E-state index contributed by atoms with van der Waals surface area (Å²) >= 11 is 6.44. The zero-order valence-electron chi connectivity index (χ0n) is 16.9. The number of carbonyl (C=O) groups excluding carboxylic acids is 1. The van der Waals surface area contributed by atoms with Crippen LogP contribution in [0.25, 0.3) is 10.9 Å². The van der Waals surface area contributed by atoms with Crippen LogP contribution in [0, 0.1) is 0 Å². The Labute approximate surface area is 181 Å². The molecule has 4 rings (SSSR count). The number of carbonyl (C=O) groups is 1. The fourth-order valence-corrected chi connectivity index (χ4v) is 3.89. The predicted octanol–water partition coefficient (Wildman–Crippen LogP) is 3.49. The molecule has 1 amide bonds. The molecule has 2 heterocycles. The predicted molar refractivity (Wildman–Crippen MR) is 121 cm³/mol. The summed E-state index contributed by atoms with van der Waals surface area (Å²) in [5, 5.41) is 7.59. The van der Waals surface area contributed by atoms with Crippen LogP contribution in [0.3, 0.4) is 0 Å². The van der Waals surface area contributed by atoms with Crippen LogP contribution >= 0.6 is 11.6 Å². The average Bonchev–Trinajstić information content (AvgIpc) is 2.80. The number of amides is 1. The van der Waals surface area contributed by atoms with Crippen molar-refractivity contribution in [1.82, 2.24) is 10.3 Å². The van der Waals surface area contributed by atoms with Gasteiger partial charge in [0.25, 0.3) is 5.91 Å². The summed E-state index contributed by atoms with van der Waals surface area (Å²) < 4.78 is 5.46. The molecule has 156 valence electrons. The van der Waals surface area contributed by atoms with Gasteiger partial charge in [0.2, 0.25) is 0 Å². The number of hydrogen-bond donors (Lipinski definition) is 2. The summed E-state index contributed by atoms with van der Waals surface area (Å²) in [6.45, 7) is 3.73. The number of nitrogens with zero attached hydrogens (tertiary/aromatic N) is 2. The van der Waals surface area contributed by atoms with Crippen molar-refractivity contribution in [2.45, 2.75) is 12.5 Å². The highest BCUT2D eigenvalue weighted by Crippen LogP contribution is 2.32. The zero-order valence-corrected chi connectivity index (χ0v) is 17.7. The minimum absolute atomic E-state index is 0.234. The Kier molecular flexibility index (Phi) is 6.47. The van der Waals surface area contributed by atoms with Crippen LogP contribution in [0.2, 0.25) is 5.02 Å². The number of halogens is 1. The fraction of sp³-hybridized carbons (Fsp3) is 0.304. The quantitative estimate of drug-likeness (QED) is 0.634. The van der Waals surface area contributed by atoms with Gasteiger partial charge in [-0.05, 0) is 29.8 Å². The lowest BCUT2D eigenvalue weighted by atomic mass is 10.1. The molecule has 3 aromatic rings. The van der Waals surface area contributed by atoms with E-state index in [1.165, 1.54) is 0 Å². The van der Waals surface area contributed by atoms with Gasteiger partial charge in [-0.1, -0.05) is 41.9 Å². The summed E-state index contributed by atoms with van der Waals surface area (Å²) in [4.78, 5) is 20.0. The lowest BCUT2D eigenvalue weighted by Gasteiger charge is -2.28. The molecule has 0 bridgehead atoms. The van der Waals surface area contributed by atoms with Crippen molar-refractivity contribution in [3.8, 4) is 0 Å². The second kappa shape index (κ2) is 9.43. The number of nitrogens with one attached hydrogen (secondary N) is 2. The smallest absolute Gasteiger partial charge is 0.253 e. The number of methoxy groups -OCH3 is 1. The van der Waals surface area contributed by atoms with Gasteiger partial charge in [0, 0.05) is 45.1 Å². The molecule has 1 aliphatic heterocycles. The third-order valence-electron chi connectivity index (χ3n) is 5.34. The normalized spacial score (nSPS) is 15.2. The molecule has 0 aliphatic carbocycles. The lowest BCUT2D eigenvalue weighted by Crippen LogP contribution is -2.43. The molecule has 0 radical (unpaired) electrons. The van der Waals surface area contributed by atoms with Crippen LogP contribution in [-0.4, -0.2) is 50.3 Å². The van der Waals surface area contributed by atoms with Crippen LogP contribution in [0.4, 0.5) is 11.5 Å². The second-order valence-electron chi connectivity index (χ2n) is 7.30. The molecule has 0 saturated carbocycles. The van der Waals surface area contributed by atoms with Gasteiger partial charge in [-0.25, -0.2) is 4.98 Å². The first-order chi connectivity index (χ1) is 14.7. The summed E-state index contributed by atoms with van der Waals surface area (Å²) in [5.41, 5.74) is 2.39. The molecule has 1 aliphatic rings. The van der Waals surface area contributed by atoms with E-state index in [2.05, 4.69) is 15.5 Å². The fourth-order valence-electron chi connectivity index (χ4n) is 3.68. The number of aromatic nitrogens is 1. The largest absolute Gasteiger partial charge is 0.371 e. The molecule has 2 N–H and O–H groups in total. The van der Waals surface area contributed by atoms with E-state index in [-0.39, 0.29) is 5.91 Å². The maximum absolute atomic E-state index is 12.9. The number of fused-ring (bicyclic) bond motifs is 1. The highest BCUT2D eigenvalue weighted by molar-refractivity contribution is 6.35. The monoisotopic (exact) mass is 424 g/mol. The number of benzene rings is 2. The van der Waals surface area contributed by atoms with Crippen molar-refractivity contribution in [2.75, 3.05) is 43.5 Å². The van der Waals surface area contributed by atoms with Crippen molar-refractivity contribution in [3.05, 3.63) is 65.2 Å². The topological polar surface area (TPSA) is 66.5 Å². The Morgan fingerprint density at radius 3 is 2.67 bits per heavy atom. The second-order valence-corrected chi connectivity index (χ2v) is 7.71. The lowest BCUT2D eigenvalue weighted by molar-refractivity contribution is -0.125. The number of piperazine rings is 1. The molecule has 30 heavy (non-hydrogen) atoms. The van der Waals surface area contributed by atoms with Crippen molar-refractivity contribution in [2.24, 2.45) is 0 Å². The van der Waals surface area contributed by atoms with Crippen LogP contribution in [-0.2, 0) is 16.0 Å². The van der Waals surface area contributed by atoms with Crippen LogP contribution in [0.5, 0.6) is 0 Å². The highest BCUT2D eigenvalue weighted by Gasteiger charge is 2.21. The van der Waals surface area contributed by atoms with E-state index in [0.29, 0.717) is 17.1 Å². The van der Waals surface area contributed by atoms with Crippen LogP contribution in [0.15, 0.2) is 54.6 Å². The Morgan fingerprint density at radius 1 is 1.17 bits per heavy atom. The van der Waals surface area contributed by atoms with Crippen molar-refractivity contribution in [3.63, 3.8) is 0 Å². The minimum Gasteiger partial charge on any atom is -0.371 e. The minimum atomic E-state index is -0.619. The Hall–Kier alpha value is -2.67. The van der Waals surface area contributed by atoms with Gasteiger partial charge in [0.15, 0.2) is 0 Å². The number of pyridine rings is 1. The first-order valence-corrected chi connectivity index (χ1v) is 10.5. The van der Waals surface area contributed by atoms with Gasteiger partial charge in [0.1, 0.15) is 11.9 Å². The van der Waals surface area contributed by atoms with Crippen LogP contribution < -0.4 is 15.5 Å². The molecule has 1 unspecified atom stereocenters. The van der Waals surface area contributed by atoms with E-state index in [1.54, 1.807) is 13.2 Å². The molecule has 1 saturated heterocycles. The van der Waals surface area contributed by atoms with Gasteiger partial charge in [-0.15, -0.1) is 0 Å². The highest BCUT2D eigenvalue weighted by atomic mass is 35.5. The van der Waals surface area contributed by atoms with Crippen molar-refractivity contribution < 1.29 is 9.53 Å². The molecule has 7 heteroatoms. The third kappa shape index (κ3) is 4.56. The molecule has 2 aromatic carbocycles. The van der Waals surface area contributed by atoms with E-state index >= 15 is 0 Å². The zero-order chi connectivity index (χ0) is 20.9. The van der Waals surface area contributed by atoms with Gasteiger partial charge in [-0.3, -0.25) is 4.79 Å². The maximum atomic E-state index is 12.9.